The monoisotopic (exact) mass is 332 g/mol. The molecule has 1 heterocycles. The predicted octanol–water partition coefficient (Wildman–Crippen LogP) is 3.86. The summed E-state index contributed by atoms with van der Waals surface area (Å²) < 4.78 is 5.16. The maximum atomic E-state index is 13.0. The Hall–Kier alpha value is -1.72. The van der Waals surface area contributed by atoms with Gasteiger partial charge < -0.3 is 9.64 Å². The highest BCUT2D eigenvalue weighted by molar-refractivity contribution is 7.13. The van der Waals surface area contributed by atoms with Crippen LogP contribution in [-0.4, -0.2) is 36.1 Å². The van der Waals surface area contributed by atoms with Crippen LogP contribution in [0, 0.1) is 6.92 Å². The van der Waals surface area contributed by atoms with Crippen LogP contribution < -0.4 is 0 Å². The number of rotatable bonds is 7. The number of hydrogen-bond donors (Lipinski definition) is 0. The normalized spacial score (nSPS) is 11.0. The molecule has 0 bridgehead atoms. The zero-order valence-electron chi connectivity index (χ0n) is 14.2. The minimum Gasteiger partial charge on any atom is -0.383 e. The van der Waals surface area contributed by atoms with E-state index < -0.39 is 0 Å². The molecule has 124 valence electrons. The van der Waals surface area contributed by atoms with Gasteiger partial charge in [-0.15, -0.1) is 11.3 Å². The molecule has 1 aromatic heterocycles. The molecule has 1 aromatic carbocycles. The lowest BCUT2D eigenvalue weighted by Crippen LogP contribution is -2.33. The molecule has 0 fully saturated rings. The molecule has 0 aliphatic rings. The number of aromatic nitrogens is 1. The van der Waals surface area contributed by atoms with E-state index in [0.29, 0.717) is 25.6 Å². The maximum Gasteiger partial charge on any atom is 0.266 e. The Labute approximate surface area is 142 Å². The van der Waals surface area contributed by atoms with E-state index in [1.54, 1.807) is 7.11 Å². The van der Waals surface area contributed by atoms with E-state index in [-0.39, 0.29) is 5.91 Å². The lowest BCUT2D eigenvalue weighted by Gasteiger charge is -2.22. The molecule has 4 nitrogen and oxygen atoms in total. The average Bonchev–Trinajstić information content (AvgIpc) is 2.94. The SMILES string of the molecule is COCCN(Cc1ccccc1)C(=O)c1sc(C(C)C)nc1C. The first-order valence-corrected chi connectivity index (χ1v) is 8.64. The second-order valence-electron chi connectivity index (χ2n) is 5.83. The van der Waals surface area contributed by atoms with Gasteiger partial charge in [0.1, 0.15) is 4.88 Å². The van der Waals surface area contributed by atoms with E-state index in [0.717, 1.165) is 21.1 Å². The lowest BCUT2D eigenvalue weighted by atomic mass is 10.2. The van der Waals surface area contributed by atoms with Crippen molar-refractivity contribution in [3.8, 4) is 0 Å². The molecule has 1 amide bonds. The molecular weight excluding hydrogens is 308 g/mol. The third-order valence-electron chi connectivity index (χ3n) is 3.57. The molecule has 0 atom stereocenters. The van der Waals surface area contributed by atoms with Crippen LogP contribution in [-0.2, 0) is 11.3 Å². The summed E-state index contributed by atoms with van der Waals surface area (Å²) in [6.07, 6.45) is 0. The van der Waals surface area contributed by atoms with Gasteiger partial charge in [-0.25, -0.2) is 4.98 Å². The van der Waals surface area contributed by atoms with Crippen LogP contribution in [0.2, 0.25) is 0 Å². The second-order valence-corrected chi connectivity index (χ2v) is 6.86. The van der Waals surface area contributed by atoms with Crippen molar-refractivity contribution >= 4 is 17.2 Å². The molecular formula is C18H24N2O2S. The number of aryl methyl sites for hydroxylation is 1. The Morgan fingerprint density at radius 1 is 1.30 bits per heavy atom. The van der Waals surface area contributed by atoms with Gasteiger partial charge >= 0.3 is 0 Å². The van der Waals surface area contributed by atoms with Crippen LogP contribution in [0.15, 0.2) is 30.3 Å². The number of nitrogens with zero attached hydrogens (tertiary/aromatic N) is 2. The molecule has 0 aliphatic carbocycles. The molecule has 0 unspecified atom stereocenters. The predicted molar refractivity (Wildman–Crippen MR) is 94.0 cm³/mol. The first-order valence-electron chi connectivity index (χ1n) is 7.82. The Balaban J connectivity index is 2.22. The van der Waals surface area contributed by atoms with Gasteiger partial charge in [0.25, 0.3) is 5.91 Å². The number of thiazole rings is 1. The van der Waals surface area contributed by atoms with Crippen molar-refractivity contribution in [3.63, 3.8) is 0 Å². The summed E-state index contributed by atoms with van der Waals surface area (Å²) in [6, 6.07) is 10.0. The number of carbonyl (C=O) groups excluding carboxylic acids is 1. The van der Waals surface area contributed by atoms with Crippen molar-refractivity contribution in [2.24, 2.45) is 0 Å². The number of carbonyl (C=O) groups is 1. The molecule has 23 heavy (non-hydrogen) atoms. The number of methoxy groups -OCH3 is 1. The van der Waals surface area contributed by atoms with Crippen molar-refractivity contribution in [1.82, 2.24) is 9.88 Å². The molecule has 5 heteroatoms. The van der Waals surface area contributed by atoms with Crippen LogP contribution in [0.5, 0.6) is 0 Å². The quantitative estimate of drug-likeness (QED) is 0.773. The fourth-order valence-electron chi connectivity index (χ4n) is 2.26. The smallest absolute Gasteiger partial charge is 0.266 e. The van der Waals surface area contributed by atoms with E-state index in [9.17, 15) is 4.79 Å². The van der Waals surface area contributed by atoms with E-state index in [1.807, 2.05) is 42.2 Å². The summed E-state index contributed by atoms with van der Waals surface area (Å²) in [5, 5.41) is 1.01. The number of amides is 1. The zero-order valence-corrected chi connectivity index (χ0v) is 15.0. The fraction of sp³-hybridized carbons (Fsp3) is 0.444. The highest BCUT2D eigenvalue weighted by atomic mass is 32.1. The molecule has 2 aromatic rings. The molecule has 0 N–H and O–H groups in total. The standard InChI is InChI=1S/C18H24N2O2S/c1-13(2)17-19-14(3)16(23-17)18(21)20(10-11-22-4)12-15-8-6-5-7-9-15/h5-9,13H,10-12H2,1-4H3. The Morgan fingerprint density at radius 2 is 2.00 bits per heavy atom. The summed E-state index contributed by atoms with van der Waals surface area (Å²) in [5.74, 6) is 0.370. The Morgan fingerprint density at radius 3 is 2.57 bits per heavy atom. The molecule has 0 saturated carbocycles. The van der Waals surface area contributed by atoms with Crippen molar-refractivity contribution in [1.29, 1.82) is 0 Å². The van der Waals surface area contributed by atoms with Gasteiger partial charge in [0.15, 0.2) is 0 Å². The minimum atomic E-state index is 0.0350. The van der Waals surface area contributed by atoms with Crippen LogP contribution in [0.1, 0.15) is 45.7 Å². The molecule has 0 spiro atoms. The zero-order chi connectivity index (χ0) is 16.8. The fourth-order valence-corrected chi connectivity index (χ4v) is 3.30. The Kier molecular flexibility index (Phi) is 6.30. The maximum absolute atomic E-state index is 13.0. The highest BCUT2D eigenvalue weighted by Gasteiger charge is 2.22. The van der Waals surface area contributed by atoms with Crippen molar-refractivity contribution in [2.75, 3.05) is 20.3 Å². The van der Waals surface area contributed by atoms with E-state index >= 15 is 0 Å². The summed E-state index contributed by atoms with van der Waals surface area (Å²) >= 11 is 1.50. The van der Waals surface area contributed by atoms with Crippen molar-refractivity contribution < 1.29 is 9.53 Å². The van der Waals surface area contributed by atoms with Crippen molar-refractivity contribution in [3.05, 3.63) is 51.5 Å². The van der Waals surface area contributed by atoms with Crippen LogP contribution in [0.4, 0.5) is 0 Å². The van der Waals surface area contributed by atoms with Gasteiger partial charge in [0.2, 0.25) is 0 Å². The second kappa shape index (κ2) is 8.22. The van der Waals surface area contributed by atoms with Gasteiger partial charge in [-0.05, 0) is 12.5 Å². The number of benzene rings is 1. The Bertz CT molecular complexity index is 638. The van der Waals surface area contributed by atoms with E-state index in [2.05, 4.69) is 18.8 Å². The van der Waals surface area contributed by atoms with Gasteiger partial charge in [0.05, 0.1) is 17.3 Å². The van der Waals surface area contributed by atoms with Gasteiger partial charge in [-0.3, -0.25) is 4.79 Å². The third-order valence-corrected chi connectivity index (χ3v) is 5.02. The van der Waals surface area contributed by atoms with Crippen LogP contribution >= 0.6 is 11.3 Å². The molecule has 0 saturated heterocycles. The lowest BCUT2D eigenvalue weighted by molar-refractivity contribution is 0.0684. The first-order chi connectivity index (χ1) is 11.0. The number of hydrogen-bond acceptors (Lipinski definition) is 4. The summed E-state index contributed by atoms with van der Waals surface area (Å²) in [4.78, 5) is 20.1. The molecule has 2 rings (SSSR count). The van der Waals surface area contributed by atoms with Crippen LogP contribution in [0.3, 0.4) is 0 Å². The minimum absolute atomic E-state index is 0.0350. The van der Waals surface area contributed by atoms with Gasteiger partial charge in [-0.2, -0.15) is 0 Å². The van der Waals surface area contributed by atoms with Crippen molar-refractivity contribution in [2.45, 2.75) is 33.2 Å². The summed E-state index contributed by atoms with van der Waals surface area (Å²) in [7, 11) is 1.65. The first kappa shape index (κ1) is 17.6. The van der Waals surface area contributed by atoms with Crippen LogP contribution in [0.25, 0.3) is 0 Å². The van der Waals surface area contributed by atoms with Gasteiger partial charge in [0, 0.05) is 26.1 Å². The molecule has 0 aliphatic heterocycles. The topological polar surface area (TPSA) is 42.4 Å². The molecule has 0 radical (unpaired) electrons. The summed E-state index contributed by atoms with van der Waals surface area (Å²) in [5.41, 5.74) is 1.93. The highest BCUT2D eigenvalue weighted by Crippen LogP contribution is 2.26. The third kappa shape index (κ3) is 4.62. The van der Waals surface area contributed by atoms with E-state index in [1.165, 1.54) is 11.3 Å². The van der Waals surface area contributed by atoms with E-state index in [4.69, 9.17) is 4.74 Å². The number of ether oxygens (including phenoxy) is 1. The summed E-state index contributed by atoms with van der Waals surface area (Å²) in [6.45, 7) is 7.77. The van der Waals surface area contributed by atoms with Gasteiger partial charge in [-0.1, -0.05) is 44.2 Å². The average molecular weight is 332 g/mol. The largest absolute Gasteiger partial charge is 0.383 e.